The fourth-order valence-electron chi connectivity index (χ4n) is 3.54. The van der Waals surface area contributed by atoms with E-state index >= 15 is 0 Å². The second-order valence-electron chi connectivity index (χ2n) is 6.54. The lowest BCUT2D eigenvalue weighted by Gasteiger charge is -2.28. The number of halogens is 1. The first-order valence-electron chi connectivity index (χ1n) is 8.35. The molecule has 0 bridgehead atoms. The molecule has 0 N–H and O–H groups in total. The van der Waals surface area contributed by atoms with Gasteiger partial charge in [-0.3, -0.25) is 9.48 Å². The fourth-order valence-corrected chi connectivity index (χ4v) is 4.25. The number of fused-ring (bicyclic) bond motifs is 1. The molecule has 1 heterocycles. The number of ether oxygens (including phenoxy) is 2. The van der Waals surface area contributed by atoms with E-state index in [4.69, 9.17) is 14.6 Å². The number of hydrogen-bond acceptors (Lipinski definition) is 4. The molecule has 1 aliphatic rings. The SMILES string of the molecule is COc1c(Br)cc2cn(C3CCC(COC(C)=O)CC3)nc2c1C. The van der Waals surface area contributed by atoms with Gasteiger partial charge in [0.15, 0.2) is 0 Å². The Morgan fingerprint density at radius 1 is 1.38 bits per heavy atom. The van der Waals surface area contributed by atoms with E-state index in [2.05, 4.69) is 32.9 Å². The largest absolute Gasteiger partial charge is 0.495 e. The topological polar surface area (TPSA) is 53.4 Å². The number of nitrogens with zero attached hydrogens (tertiary/aromatic N) is 2. The summed E-state index contributed by atoms with van der Waals surface area (Å²) in [5.74, 6) is 1.13. The second kappa shape index (κ2) is 7.13. The Bertz CT molecular complexity index is 748. The lowest BCUT2D eigenvalue weighted by molar-refractivity contribution is -0.142. The van der Waals surface area contributed by atoms with Gasteiger partial charge >= 0.3 is 5.97 Å². The minimum Gasteiger partial charge on any atom is -0.495 e. The van der Waals surface area contributed by atoms with Gasteiger partial charge in [0.05, 0.1) is 29.7 Å². The monoisotopic (exact) mass is 394 g/mol. The normalized spacial score (nSPS) is 21.0. The van der Waals surface area contributed by atoms with Crippen molar-refractivity contribution in [1.82, 2.24) is 9.78 Å². The first-order valence-corrected chi connectivity index (χ1v) is 9.14. The van der Waals surface area contributed by atoms with Crippen molar-refractivity contribution >= 4 is 32.8 Å². The first-order chi connectivity index (χ1) is 11.5. The molecule has 24 heavy (non-hydrogen) atoms. The number of rotatable bonds is 4. The number of esters is 1. The summed E-state index contributed by atoms with van der Waals surface area (Å²) in [7, 11) is 1.68. The van der Waals surface area contributed by atoms with Gasteiger partial charge in [-0.15, -0.1) is 0 Å². The van der Waals surface area contributed by atoms with Gasteiger partial charge in [-0.25, -0.2) is 0 Å². The van der Waals surface area contributed by atoms with Gasteiger partial charge in [0.2, 0.25) is 0 Å². The van der Waals surface area contributed by atoms with Gasteiger partial charge in [0, 0.05) is 24.1 Å². The van der Waals surface area contributed by atoms with E-state index < -0.39 is 0 Å². The van der Waals surface area contributed by atoms with E-state index in [9.17, 15) is 4.79 Å². The lowest BCUT2D eigenvalue weighted by Crippen LogP contribution is -2.22. The van der Waals surface area contributed by atoms with Crippen LogP contribution < -0.4 is 4.74 Å². The van der Waals surface area contributed by atoms with Gasteiger partial charge < -0.3 is 9.47 Å². The summed E-state index contributed by atoms with van der Waals surface area (Å²) in [5.41, 5.74) is 2.06. The molecule has 0 atom stereocenters. The van der Waals surface area contributed by atoms with Crippen LogP contribution in [0.1, 0.15) is 44.2 Å². The molecule has 2 aromatic rings. The number of aromatic nitrogens is 2. The minimum atomic E-state index is -0.189. The molecule has 130 valence electrons. The molecule has 1 saturated carbocycles. The Hall–Kier alpha value is -1.56. The summed E-state index contributed by atoms with van der Waals surface area (Å²) < 4.78 is 13.7. The molecule has 1 aromatic carbocycles. The molecule has 1 fully saturated rings. The highest BCUT2D eigenvalue weighted by Crippen LogP contribution is 2.37. The third-order valence-electron chi connectivity index (χ3n) is 4.87. The van der Waals surface area contributed by atoms with E-state index in [1.165, 1.54) is 6.92 Å². The molecule has 0 amide bonds. The van der Waals surface area contributed by atoms with Crippen LogP contribution in [0.2, 0.25) is 0 Å². The molecule has 1 aliphatic carbocycles. The molecule has 0 saturated heterocycles. The van der Waals surface area contributed by atoms with Crippen LogP contribution in [0.15, 0.2) is 16.7 Å². The molecule has 5 nitrogen and oxygen atoms in total. The van der Waals surface area contributed by atoms with Crippen molar-refractivity contribution in [3.63, 3.8) is 0 Å². The van der Waals surface area contributed by atoms with Gasteiger partial charge in [0.25, 0.3) is 0 Å². The van der Waals surface area contributed by atoms with Crippen LogP contribution in [0.25, 0.3) is 10.9 Å². The number of carbonyl (C=O) groups is 1. The zero-order valence-corrected chi connectivity index (χ0v) is 15.9. The molecule has 0 radical (unpaired) electrons. The van der Waals surface area contributed by atoms with E-state index in [1.54, 1.807) is 7.11 Å². The highest BCUT2D eigenvalue weighted by atomic mass is 79.9. The Kier molecular flexibility index (Phi) is 5.13. The quantitative estimate of drug-likeness (QED) is 0.720. The smallest absolute Gasteiger partial charge is 0.302 e. The van der Waals surface area contributed by atoms with Crippen LogP contribution in [0, 0.1) is 12.8 Å². The predicted molar refractivity (Wildman–Crippen MR) is 96.4 cm³/mol. The highest BCUT2D eigenvalue weighted by molar-refractivity contribution is 9.10. The van der Waals surface area contributed by atoms with Crippen LogP contribution in [0.5, 0.6) is 5.75 Å². The van der Waals surface area contributed by atoms with Crippen LogP contribution in [-0.4, -0.2) is 29.5 Å². The zero-order valence-electron chi connectivity index (χ0n) is 14.3. The standard InChI is InChI=1S/C18H23BrN2O3/c1-11-17-14(8-16(19)18(11)23-3)9-21(20-17)15-6-4-13(5-7-15)10-24-12(2)22/h8-9,13,15H,4-7,10H2,1-3H3. The molecule has 0 aliphatic heterocycles. The number of hydrogen-bond donors (Lipinski definition) is 0. The average molecular weight is 395 g/mol. The molecule has 6 heteroatoms. The molecule has 0 spiro atoms. The number of aryl methyl sites for hydroxylation is 1. The molecule has 1 aromatic heterocycles. The Labute approximate surface area is 150 Å². The maximum Gasteiger partial charge on any atom is 0.302 e. The van der Waals surface area contributed by atoms with Crippen molar-refractivity contribution in [2.24, 2.45) is 5.92 Å². The third kappa shape index (κ3) is 3.43. The van der Waals surface area contributed by atoms with Crippen molar-refractivity contribution < 1.29 is 14.3 Å². The lowest BCUT2D eigenvalue weighted by atomic mass is 9.86. The maximum atomic E-state index is 10.9. The van der Waals surface area contributed by atoms with E-state index in [0.29, 0.717) is 18.6 Å². The van der Waals surface area contributed by atoms with E-state index in [1.807, 2.05) is 6.92 Å². The maximum absolute atomic E-state index is 10.9. The summed E-state index contributed by atoms with van der Waals surface area (Å²) in [5, 5.41) is 5.94. The molecule has 0 unspecified atom stereocenters. The third-order valence-corrected chi connectivity index (χ3v) is 5.46. The summed E-state index contributed by atoms with van der Waals surface area (Å²) in [6.45, 7) is 4.06. The van der Waals surface area contributed by atoms with Crippen LogP contribution in [0.4, 0.5) is 0 Å². The summed E-state index contributed by atoms with van der Waals surface area (Å²) >= 11 is 3.57. The Morgan fingerprint density at radius 2 is 2.08 bits per heavy atom. The number of carbonyl (C=O) groups excluding carboxylic acids is 1. The number of methoxy groups -OCH3 is 1. The van der Waals surface area contributed by atoms with E-state index in [-0.39, 0.29) is 5.97 Å². The van der Waals surface area contributed by atoms with Crippen molar-refractivity contribution in [1.29, 1.82) is 0 Å². The first kappa shape index (κ1) is 17.3. The van der Waals surface area contributed by atoms with Crippen molar-refractivity contribution in [3.05, 3.63) is 22.3 Å². The minimum absolute atomic E-state index is 0.189. The summed E-state index contributed by atoms with van der Waals surface area (Å²) in [6, 6.07) is 2.48. The number of benzene rings is 1. The second-order valence-corrected chi connectivity index (χ2v) is 7.40. The summed E-state index contributed by atoms with van der Waals surface area (Å²) in [6.07, 6.45) is 6.40. The van der Waals surface area contributed by atoms with Gasteiger partial charge in [-0.2, -0.15) is 5.10 Å². The van der Waals surface area contributed by atoms with Crippen molar-refractivity contribution in [3.8, 4) is 5.75 Å². The molecule has 3 rings (SSSR count). The van der Waals surface area contributed by atoms with Crippen LogP contribution in [0.3, 0.4) is 0 Å². The summed E-state index contributed by atoms with van der Waals surface area (Å²) in [4.78, 5) is 10.9. The van der Waals surface area contributed by atoms with Crippen LogP contribution >= 0.6 is 15.9 Å². The predicted octanol–water partition coefficient (Wildman–Crippen LogP) is 4.41. The Morgan fingerprint density at radius 3 is 2.71 bits per heavy atom. The van der Waals surface area contributed by atoms with Crippen LogP contribution in [-0.2, 0) is 9.53 Å². The Balaban J connectivity index is 1.74. The van der Waals surface area contributed by atoms with E-state index in [0.717, 1.165) is 52.4 Å². The van der Waals surface area contributed by atoms with Gasteiger partial charge in [-0.05, 0) is 60.5 Å². The van der Waals surface area contributed by atoms with Crippen molar-refractivity contribution in [2.75, 3.05) is 13.7 Å². The molecular weight excluding hydrogens is 372 g/mol. The highest BCUT2D eigenvalue weighted by Gasteiger charge is 2.24. The van der Waals surface area contributed by atoms with Gasteiger partial charge in [-0.1, -0.05) is 0 Å². The fraction of sp³-hybridized carbons (Fsp3) is 0.556. The zero-order chi connectivity index (χ0) is 17.3. The van der Waals surface area contributed by atoms with Gasteiger partial charge in [0.1, 0.15) is 5.75 Å². The average Bonchev–Trinajstić information content (AvgIpc) is 2.98. The molecular formula is C18H23BrN2O3. The van der Waals surface area contributed by atoms with Crippen molar-refractivity contribution in [2.45, 2.75) is 45.6 Å².